The minimum atomic E-state index is -0.320. The molecule has 1 aliphatic rings. The molecule has 1 fully saturated rings. The number of aryl methyl sites for hydroxylation is 1. The molecule has 2 atom stereocenters. The van der Waals surface area contributed by atoms with Gasteiger partial charge in [0.05, 0.1) is 5.92 Å². The highest BCUT2D eigenvalue weighted by molar-refractivity contribution is 9.10. The van der Waals surface area contributed by atoms with Crippen LogP contribution in [0, 0.1) is 12.8 Å². The summed E-state index contributed by atoms with van der Waals surface area (Å²) in [6.45, 7) is 1.94. The van der Waals surface area contributed by atoms with Crippen LogP contribution in [0.2, 0.25) is 0 Å². The fourth-order valence-corrected chi connectivity index (χ4v) is 3.86. The van der Waals surface area contributed by atoms with Gasteiger partial charge in [0.15, 0.2) is 0 Å². The first kappa shape index (κ1) is 13.5. The zero-order chi connectivity index (χ0) is 13.3. The first-order chi connectivity index (χ1) is 8.50. The third-order valence-corrected chi connectivity index (χ3v) is 5.68. The lowest BCUT2D eigenvalue weighted by Crippen LogP contribution is -2.42. The first-order valence-electron chi connectivity index (χ1n) is 5.84. The van der Waals surface area contributed by atoms with Crippen molar-refractivity contribution in [3.05, 3.63) is 20.3 Å². The van der Waals surface area contributed by atoms with Gasteiger partial charge in [-0.2, -0.15) is 0 Å². The van der Waals surface area contributed by atoms with Crippen LogP contribution in [0.3, 0.4) is 0 Å². The molecule has 6 heteroatoms. The predicted octanol–water partition coefficient (Wildman–Crippen LogP) is 2.20. The fraction of sp³-hybridized carbons (Fsp3) is 0.500. The number of carbonyl (C=O) groups excluding carboxylic acids is 2. The van der Waals surface area contributed by atoms with Crippen molar-refractivity contribution in [1.29, 1.82) is 0 Å². The number of primary amides is 1. The molecule has 0 radical (unpaired) electrons. The minimum Gasteiger partial charge on any atom is -0.369 e. The molecule has 1 heterocycles. The van der Waals surface area contributed by atoms with Crippen LogP contribution in [0.4, 0.5) is 0 Å². The van der Waals surface area contributed by atoms with E-state index in [4.69, 9.17) is 5.73 Å². The Morgan fingerprint density at radius 2 is 2.22 bits per heavy atom. The Morgan fingerprint density at radius 3 is 2.78 bits per heavy atom. The third kappa shape index (κ3) is 2.59. The summed E-state index contributed by atoms with van der Waals surface area (Å²) in [5.74, 6) is -0.675. The second-order valence-electron chi connectivity index (χ2n) is 4.58. The van der Waals surface area contributed by atoms with Gasteiger partial charge in [-0.1, -0.05) is 6.42 Å². The zero-order valence-electron chi connectivity index (χ0n) is 10.0. The van der Waals surface area contributed by atoms with Gasteiger partial charge in [0.25, 0.3) is 5.91 Å². The zero-order valence-corrected chi connectivity index (χ0v) is 12.4. The summed E-state index contributed by atoms with van der Waals surface area (Å²) < 4.78 is 0.832. The molecule has 0 unspecified atom stereocenters. The first-order valence-corrected chi connectivity index (χ1v) is 7.51. The van der Waals surface area contributed by atoms with Gasteiger partial charge in [-0.25, -0.2) is 0 Å². The molecular formula is C12H15BrN2O2S. The number of rotatable bonds is 3. The monoisotopic (exact) mass is 330 g/mol. The molecule has 2 rings (SSSR count). The van der Waals surface area contributed by atoms with Crippen LogP contribution in [0.5, 0.6) is 0 Å². The summed E-state index contributed by atoms with van der Waals surface area (Å²) in [7, 11) is 0. The van der Waals surface area contributed by atoms with Crippen molar-refractivity contribution in [1.82, 2.24) is 5.32 Å². The topological polar surface area (TPSA) is 72.2 Å². The van der Waals surface area contributed by atoms with Gasteiger partial charge in [-0.05, 0) is 46.6 Å². The largest absolute Gasteiger partial charge is 0.369 e. The number of nitrogens with one attached hydrogen (secondary N) is 1. The van der Waals surface area contributed by atoms with Crippen molar-refractivity contribution in [3.8, 4) is 0 Å². The van der Waals surface area contributed by atoms with Crippen molar-refractivity contribution >= 4 is 39.1 Å². The lowest BCUT2D eigenvalue weighted by Gasteiger charge is -2.17. The lowest BCUT2D eigenvalue weighted by atomic mass is 10.0. The van der Waals surface area contributed by atoms with E-state index in [0.717, 1.165) is 29.3 Å². The van der Waals surface area contributed by atoms with Crippen LogP contribution in [-0.2, 0) is 4.79 Å². The summed E-state index contributed by atoms with van der Waals surface area (Å²) in [4.78, 5) is 24.0. The second-order valence-corrected chi connectivity index (χ2v) is 6.25. The Labute approximate surface area is 118 Å². The molecule has 0 saturated heterocycles. The maximum absolute atomic E-state index is 12.1. The number of amides is 2. The van der Waals surface area contributed by atoms with Crippen LogP contribution >= 0.6 is 27.3 Å². The van der Waals surface area contributed by atoms with E-state index in [-0.39, 0.29) is 23.8 Å². The van der Waals surface area contributed by atoms with Crippen molar-refractivity contribution in [3.63, 3.8) is 0 Å². The molecule has 18 heavy (non-hydrogen) atoms. The number of carbonyl (C=O) groups is 2. The number of nitrogens with two attached hydrogens (primary N) is 1. The maximum atomic E-state index is 12.1. The summed E-state index contributed by atoms with van der Waals surface area (Å²) in [5, 5.41) is 4.85. The molecular weight excluding hydrogens is 316 g/mol. The number of thiophene rings is 1. The van der Waals surface area contributed by atoms with E-state index in [2.05, 4.69) is 21.2 Å². The van der Waals surface area contributed by atoms with Gasteiger partial charge in [0.2, 0.25) is 5.91 Å². The van der Waals surface area contributed by atoms with Crippen LogP contribution in [-0.4, -0.2) is 17.9 Å². The summed E-state index contributed by atoms with van der Waals surface area (Å²) in [6, 6.07) is -0.121. The molecule has 2 amide bonds. The van der Waals surface area contributed by atoms with Crippen LogP contribution in [0.1, 0.15) is 34.5 Å². The maximum Gasteiger partial charge on any atom is 0.262 e. The Hall–Kier alpha value is -0.880. The van der Waals surface area contributed by atoms with E-state index < -0.39 is 0 Å². The molecule has 1 saturated carbocycles. The van der Waals surface area contributed by atoms with E-state index in [1.165, 1.54) is 11.3 Å². The van der Waals surface area contributed by atoms with E-state index in [9.17, 15) is 9.59 Å². The van der Waals surface area contributed by atoms with E-state index in [1.807, 2.05) is 12.3 Å². The summed E-state index contributed by atoms with van der Waals surface area (Å²) in [6.07, 6.45) is 2.52. The average molecular weight is 331 g/mol. The quantitative estimate of drug-likeness (QED) is 0.891. The lowest BCUT2D eigenvalue weighted by molar-refractivity contribution is -0.122. The highest BCUT2D eigenvalue weighted by Crippen LogP contribution is 2.29. The van der Waals surface area contributed by atoms with Crippen molar-refractivity contribution in [2.45, 2.75) is 32.2 Å². The van der Waals surface area contributed by atoms with Gasteiger partial charge >= 0.3 is 0 Å². The van der Waals surface area contributed by atoms with Crippen molar-refractivity contribution in [2.24, 2.45) is 11.7 Å². The number of hydrogen-bond acceptors (Lipinski definition) is 3. The Morgan fingerprint density at radius 1 is 1.50 bits per heavy atom. The van der Waals surface area contributed by atoms with Gasteiger partial charge in [-0.3, -0.25) is 9.59 Å². The highest BCUT2D eigenvalue weighted by atomic mass is 79.9. The molecule has 1 aromatic rings. The number of hydrogen-bond donors (Lipinski definition) is 2. The summed E-state index contributed by atoms with van der Waals surface area (Å²) >= 11 is 4.80. The Bertz CT molecular complexity index is 486. The van der Waals surface area contributed by atoms with Gasteiger partial charge in [0, 0.05) is 10.5 Å². The Balaban J connectivity index is 2.08. The second kappa shape index (κ2) is 5.40. The molecule has 0 bridgehead atoms. The average Bonchev–Trinajstić information content (AvgIpc) is 2.88. The fourth-order valence-electron chi connectivity index (χ4n) is 2.29. The standard InChI is InChI=1S/C12H15BrN2O2S/c1-6-5-18-10(9(6)13)12(17)15-8-4-2-3-7(8)11(14)16/h5,7-8H,2-4H2,1H3,(H2,14,16)(H,15,17)/t7-,8+/m0/s1. The minimum absolute atomic E-state index is 0.121. The Kier molecular flexibility index (Phi) is 4.07. The smallest absolute Gasteiger partial charge is 0.262 e. The molecule has 4 nitrogen and oxygen atoms in total. The molecule has 0 spiro atoms. The van der Waals surface area contributed by atoms with Crippen LogP contribution in [0.15, 0.2) is 9.85 Å². The molecule has 1 aliphatic carbocycles. The number of halogens is 1. The van der Waals surface area contributed by atoms with E-state index in [1.54, 1.807) is 0 Å². The van der Waals surface area contributed by atoms with Crippen LogP contribution < -0.4 is 11.1 Å². The van der Waals surface area contributed by atoms with Crippen molar-refractivity contribution in [2.75, 3.05) is 0 Å². The molecule has 0 aromatic carbocycles. The molecule has 1 aromatic heterocycles. The van der Waals surface area contributed by atoms with Gasteiger partial charge in [-0.15, -0.1) is 11.3 Å². The molecule has 0 aliphatic heterocycles. The van der Waals surface area contributed by atoms with E-state index in [0.29, 0.717) is 4.88 Å². The third-order valence-electron chi connectivity index (χ3n) is 3.30. The van der Waals surface area contributed by atoms with Gasteiger partial charge < -0.3 is 11.1 Å². The highest BCUT2D eigenvalue weighted by Gasteiger charge is 2.33. The van der Waals surface area contributed by atoms with Gasteiger partial charge in [0.1, 0.15) is 4.88 Å². The molecule has 3 N–H and O–H groups in total. The van der Waals surface area contributed by atoms with Crippen LogP contribution in [0.25, 0.3) is 0 Å². The predicted molar refractivity (Wildman–Crippen MR) is 74.5 cm³/mol. The SMILES string of the molecule is Cc1csc(C(=O)N[C@@H]2CCC[C@@H]2C(N)=O)c1Br. The molecule has 98 valence electrons. The normalized spacial score (nSPS) is 23.0. The van der Waals surface area contributed by atoms with E-state index >= 15 is 0 Å². The summed E-state index contributed by atoms with van der Waals surface area (Å²) in [5.41, 5.74) is 6.38. The van der Waals surface area contributed by atoms with Crippen molar-refractivity contribution < 1.29 is 9.59 Å².